The SMILES string of the molecule is CO[C@H]1O[C@H](CO)[C@@H](O)[C@H](O)[C@H]1OC(=O)c1cc(Cl)c(OCc2cccc(NC(=O)CCC(=O)OC(C)(C)C)c2)c(Cl)c1C. The van der Waals surface area contributed by atoms with Crippen LogP contribution in [-0.4, -0.2) is 83.2 Å². The lowest BCUT2D eigenvalue weighted by Crippen LogP contribution is -2.60. The molecule has 12 nitrogen and oxygen atoms in total. The number of amides is 1. The van der Waals surface area contributed by atoms with Gasteiger partial charge in [0.15, 0.2) is 18.1 Å². The number of aliphatic hydroxyl groups excluding tert-OH is 3. The maximum atomic E-state index is 13.1. The quantitative estimate of drug-likeness (QED) is 0.261. The van der Waals surface area contributed by atoms with E-state index in [1.165, 1.54) is 13.2 Å². The lowest BCUT2D eigenvalue weighted by Gasteiger charge is -2.40. The van der Waals surface area contributed by atoms with Crippen LogP contribution in [0.25, 0.3) is 0 Å². The Morgan fingerprint density at radius 1 is 1.07 bits per heavy atom. The van der Waals surface area contributed by atoms with Crippen LogP contribution in [0, 0.1) is 6.92 Å². The second-order valence-electron chi connectivity index (χ2n) is 11.1. The highest BCUT2D eigenvalue weighted by Crippen LogP contribution is 2.39. The van der Waals surface area contributed by atoms with Crippen molar-refractivity contribution in [3.63, 3.8) is 0 Å². The van der Waals surface area contributed by atoms with E-state index in [1.807, 2.05) is 0 Å². The lowest BCUT2D eigenvalue weighted by molar-refractivity contribution is -0.293. The molecule has 1 heterocycles. The summed E-state index contributed by atoms with van der Waals surface area (Å²) < 4.78 is 27.0. The molecule has 3 rings (SSSR count). The zero-order chi connectivity index (χ0) is 32.8. The first-order valence-electron chi connectivity index (χ1n) is 13.7. The fourth-order valence-corrected chi connectivity index (χ4v) is 4.89. The third-order valence-electron chi connectivity index (χ3n) is 6.51. The third-order valence-corrected chi connectivity index (χ3v) is 7.25. The predicted octanol–water partition coefficient (Wildman–Crippen LogP) is 3.55. The number of benzene rings is 2. The van der Waals surface area contributed by atoms with Crippen LogP contribution in [-0.2, 0) is 35.1 Å². The summed E-state index contributed by atoms with van der Waals surface area (Å²) in [7, 11) is 1.26. The molecule has 0 aromatic heterocycles. The summed E-state index contributed by atoms with van der Waals surface area (Å²) in [5.41, 5.74) is 0.777. The van der Waals surface area contributed by atoms with E-state index in [0.29, 0.717) is 11.3 Å². The molecular formula is C30H37Cl2NO11. The van der Waals surface area contributed by atoms with Crippen LogP contribution in [0.1, 0.15) is 55.1 Å². The minimum Gasteiger partial charge on any atom is -0.486 e. The summed E-state index contributed by atoms with van der Waals surface area (Å²) in [5, 5.41) is 32.8. The summed E-state index contributed by atoms with van der Waals surface area (Å²) in [4.78, 5) is 37.3. The zero-order valence-electron chi connectivity index (χ0n) is 25.0. The van der Waals surface area contributed by atoms with Crippen LogP contribution in [0.4, 0.5) is 5.69 Å². The molecule has 0 radical (unpaired) electrons. The fourth-order valence-electron chi connectivity index (χ4n) is 4.32. The Balaban J connectivity index is 1.65. The number of halogens is 2. The molecule has 4 N–H and O–H groups in total. The maximum absolute atomic E-state index is 13.1. The van der Waals surface area contributed by atoms with Crippen LogP contribution in [0.15, 0.2) is 30.3 Å². The predicted molar refractivity (Wildman–Crippen MR) is 160 cm³/mol. The number of esters is 2. The van der Waals surface area contributed by atoms with Crippen molar-refractivity contribution >= 4 is 46.7 Å². The van der Waals surface area contributed by atoms with Crippen molar-refractivity contribution in [2.24, 2.45) is 0 Å². The van der Waals surface area contributed by atoms with Crippen LogP contribution in [0.2, 0.25) is 10.0 Å². The molecule has 5 atom stereocenters. The average Bonchev–Trinajstić information content (AvgIpc) is 2.95. The van der Waals surface area contributed by atoms with Gasteiger partial charge in [-0.05, 0) is 57.0 Å². The molecule has 0 spiro atoms. The van der Waals surface area contributed by atoms with E-state index in [4.69, 9.17) is 46.9 Å². The third kappa shape index (κ3) is 9.27. The largest absolute Gasteiger partial charge is 0.486 e. The molecule has 2 aromatic rings. The molecular weight excluding hydrogens is 621 g/mol. The summed E-state index contributed by atoms with van der Waals surface area (Å²) in [6.07, 6.45) is -7.03. The number of hydrogen-bond donors (Lipinski definition) is 4. The molecule has 242 valence electrons. The number of nitrogens with one attached hydrogen (secondary N) is 1. The lowest BCUT2D eigenvalue weighted by atomic mass is 9.99. The Kier molecular flexibility index (Phi) is 12.4. The monoisotopic (exact) mass is 657 g/mol. The van der Waals surface area contributed by atoms with Crippen molar-refractivity contribution in [1.29, 1.82) is 0 Å². The van der Waals surface area contributed by atoms with Gasteiger partial charge in [-0.3, -0.25) is 9.59 Å². The normalized spacial score (nSPS) is 21.8. The summed E-state index contributed by atoms with van der Waals surface area (Å²) in [5.74, 6) is -1.64. The Bertz CT molecular complexity index is 1350. The van der Waals surface area contributed by atoms with Gasteiger partial charge in [0.1, 0.15) is 30.5 Å². The number of carbonyl (C=O) groups is 3. The van der Waals surface area contributed by atoms with Crippen molar-refractivity contribution in [2.75, 3.05) is 19.0 Å². The maximum Gasteiger partial charge on any atom is 0.339 e. The van der Waals surface area contributed by atoms with E-state index in [-0.39, 0.29) is 52.3 Å². The van der Waals surface area contributed by atoms with Gasteiger partial charge in [0.25, 0.3) is 0 Å². The average molecular weight is 659 g/mol. The van der Waals surface area contributed by atoms with Crippen molar-refractivity contribution in [3.8, 4) is 5.75 Å². The topological polar surface area (TPSA) is 170 Å². The van der Waals surface area contributed by atoms with Gasteiger partial charge in [0.05, 0.1) is 28.6 Å². The zero-order valence-corrected chi connectivity index (χ0v) is 26.5. The summed E-state index contributed by atoms with van der Waals surface area (Å²) in [6, 6.07) is 8.14. The Labute approximate surface area is 265 Å². The number of rotatable bonds is 11. The van der Waals surface area contributed by atoms with E-state index in [0.717, 1.165) is 0 Å². The minimum atomic E-state index is -1.60. The molecule has 1 aliphatic rings. The minimum absolute atomic E-state index is 0.00302. The molecule has 0 aliphatic carbocycles. The molecule has 0 saturated carbocycles. The highest BCUT2D eigenvalue weighted by atomic mass is 35.5. The first kappa shape index (κ1) is 35.5. The number of methoxy groups -OCH3 is 1. The van der Waals surface area contributed by atoms with E-state index >= 15 is 0 Å². The molecule has 14 heteroatoms. The van der Waals surface area contributed by atoms with Crippen LogP contribution in [0.5, 0.6) is 5.75 Å². The van der Waals surface area contributed by atoms with Gasteiger partial charge in [0.2, 0.25) is 5.91 Å². The van der Waals surface area contributed by atoms with E-state index in [2.05, 4.69) is 5.32 Å². The van der Waals surface area contributed by atoms with Crippen LogP contribution < -0.4 is 10.1 Å². The number of aliphatic hydroxyl groups is 3. The van der Waals surface area contributed by atoms with E-state index in [9.17, 15) is 29.7 Å². The van der Waals surface area contributed by atoms with Gasteiger partial charge in [-0.15, -0.1) is 0 Å². The Morgan fingerprint density at radius 3 is 2.41 bits per heavy atom. The Morgan fingerprint density at radius 2 is 1.77 bits per heavy atom. The fraction of sp³-hybridized carbons (Fsp3) is 0.500. The highest BCUT2D eigenvalue weighted by Gasteiger charge is 2.47. The number of carbonyl (C=O) groups excluding carboxylic acids is 3. The number of ether oxygens (including phenoxy) is 5. The van der Waals surface area contributed by atoms with Gasteiger partial charge in [0, 0.05) is 19.2 Å². The van der Waals surface area contributed by atoms with E-state index in [1.54, 1.807) is 52.0 Å². The summed E-state index contributed by atoms with van der Waals surface area (Å²) >= 11 is 13.0. The first-order valence-corrected chi connectivity index (χ1v) is 14.5. The van der Waals surface area contributed by atoms with E-state index < -0.39 is 54.9 Å². The number of anilines is 1. The molecule has 1 aliphatic heterocycles. The molecule has 44 heavy (non-hydrogen) atoms. The second-order valence-corrected chi connectivity index (χ2v) is 11.9. The van der Waals surface area contributed by atoms with Crippen LogP contribution >= 0.6 is 23.2 Å². The standard InChI is InChI=1S/C30H37Cl2NO11/c1-15-18(28(39)43-27-25(38)24(37)20(13-34)42-29(27)40-5)12-19(31)26(23(15)32)41-14-16-7-6-8-17(11-16)33-21(35)9-10-22(36)44-30(2,3)4/h6-8,11-12,20,24-25,27,29,34,37-38H,9-10,13-14H2,1-5H3,(H,33,35)/t20-,24-,25+,27-,29+/m1/s1. The van der Waals surface area contributed by atoms with Gasteiger partial charge >= 0.3 is 11.9 Å². The molecule has 0 bridgehead atoms. The molecule has 1 fully saturated rings. The van der Waals surface area contributed by atoms with Gasteiger partial charge in [-0.2, -0.15) is 0 Å². The number of hydrogen-bond acceptors (Lipinski definition) is 11. The van der Waals surface area contributed by atoms with Crippen LogP contribution in [0.3, 0.4) is 0 Å². The van der Waals surface area contributed by atoms with Crippen molar-refractivity contribution in [3.05, 3.63) is 57.1 Å². The van der Waals surface area contributed by atoms with Gasteiger partial charge in [-0.25, -0.2) is 4.79 Å². The smallest absolute Gasteiger partial charge is 0.339 e. The van der Waals surface area contributed by atoms with Crippen molar-refractivity contribution < 1.29 is 53.4 Å². The highest BCUT2D eigenvalue weighted by molar-refractivity contribution is 6.38. The van der Waals surface area contributed by atoms with Gasteiger partial charge in [-0.1, -0.05) is 35.3 Å². The van der Waals surface area contributed by atoms with Crippen molar-refractivity contribution in [2.45, 2.75) is 83.5 Å². The second kappa shape index (κ2) is 15.3. The summed E-state index contributed by atoms with van der Waals surface area (Å²) in [6.45, 7) is 6.23. The first-order chi connectivity index (χ1) is 20.6. The van der Waals surface area contributed by atoms with Gasteiger partial charge < -0.3 is 44.3 Å². The van der Waals surface area contributed by atoms with Crippen molar-refractivity contribution in [1.82, 2.24) is 0 Å². The molecule has 2 aromatic carbocycles. The molecule has 0 unspecified atom stereocenters. The molecule has 1 saturated heterocycles. The molecule has 1 amide bonds. The Hall–Kier alpha value is -2.97.